The van der Waals surface area contributed by atoms with Crippen LogP contribution in [0.1, 0.15) is 41.1 Å². The van der Waals surface area contributed by atoms with Gasteiger partial charge in [0.2, 0.25) is 5.91 Å². The summed E-state index contributed by atoms with van der Waals surface area (Å²) in [5.41, 5.74) is 4.52. The Bertz CT molecular complexity index is 1110. The average Bonchev–Trinajstić information content (AvgIpc) is 2.94. The maximum atomic E-state index is 13.0. The normalized spacial score (nSPS) is 17.6. The summed E-state index contributed by atoms with van der Waals surface area (Å²) in [5, 5.41) is 6.07. The van der Waals surface area contributed by atoms with Crippen LogP contribution in [0.3, 0.4) is 0 Å². The summed E-state index contributed by atoms with van der Waals surface area (Å²) in [6.45, 7) is 5.52. The molecule has 1 unspecified atom stereocenters. The molecule has 0 radical (unpaired) electrons. The van der Waals surface area contributed by atoms with Crippen LogP contribution in [0.2, 0.25) is 0 Å². The molecule has 7 heteroatoms. The van der Waals surface area contributed by atoms with Gasteiger partial charge in [0.15, 0.2) is 0 Å². The van der Waals surface area contributed by atoms with Gasteiger partial charge in [-0.25, -0.2) is 4.79 Å². The van der Waals surface area contributed by atoms with Gasteiger partial charge in [-0.2, -0.15) is 0 Å². The van der Waals surface area contributed by atoms with Gasteiger partial charge >= 0.3 is 6.03 Å². The van der Waals surface area contributed by atoms with Crippen molar-refractivity contribution in [2.75, 3.05) is 26.2 Å². The molecule has 188 valence electrons. The van der Waals surface area contributed by atoms with Gasteiger partial charge in [0.05, 0.1) is 0 Å². The minimum Gasteiger partial charge on any atom is -0.354 e. The van der Waals surface area contributed by atoms with Crippen LogP contribution >= 0.6 is 0 Å². The Hall–Kier alpha value is -3.71. The first-order chi connectivity index (χ1) is 17.6. The smallest absolute Gasteiger partial charge is 0.317 e. The highest BCUT2D eigenvalue weighted by Crippen LogP contribution is 2.27. The van der Waals surface area contributed by atoms with Crippen molar-refractivity contribution in [2.24, 2.45) is 0 Å². The molecule has 7 nitrogen and oxygen atoms in total. The third-order valence-corrected chi connectivity index (χ3v) is 6.57. The van der Waals surface area contributed by atoms with Gasteiger partial charge in [0, 0.05) is 64.1 Å². The first-order valence-electron chi connectivity index (χ1n) is 12.6. The van der Waals surface area contributed by atoms with Crippen molar-refractivity contribution >= 4 is 11.9 Å². The number of amides is 3. The molecule has 0 saturated carbocycles. The molecule has 1 aliphatic heterocycles. The average molecular weight is 486 g/mol. The lowest BCUT2D eigenvalue weighted by atomic mass is 10.00. The predicted molar refractivity (Wildman–Crippen MR) is 141 cm³/mol. The lowest BCUT2D eigenvalue weighted by Gasteiger charge is -2.32. The number of carbonyl (C=O) groups is 2. The fourth-order valence-electron chi connectivity index (χ4n) is 4.55. The summed E-state index contributed by atoms with van der Waals surface area (Å²) in [6, 6.07) is 22.2. The third-order valence-electron chi connectivity index (χ3n) is 6.57. The largest absolute Gasteiger partial charge is 0.354 e. The zero-order chi connectivity index (χ0) is 25.2. The van der Waals surface area contributed by atoms with Crippen LogP contribution in [0.15, 0.2) is 79.1 Å². The number of hydrogen-bond donors (Lipinski definition) is 2. The molecule has 2 N–H and O–H groups in total. The Morgan fingerprint density at radius 1 is 0.972 bits per heavy atom. The molecule has 2 aromatic carbocycles. The van der Waals surface area contributed by atoms with E-state index in [1.165, 1.54) is 5.56 Å². The van der Waals surface area contributed by atoms with Gasteiger partial charge in [-0.05, 0) is 42.2 Å². The number of hydrogen-bond acceptors (Lipinski definition) is 4. The molecular weight excluding hydrogens is 450 g/mol. The molecule has 1 aliphatic rings. The SMILES string of the molecule is Cc1ccc(CNC(=O)N2CCCN(Cc3ccncc3)C(c3ccccc3)CC(=O)NCC2)cc1. The predicted octanol–water partition coefficient (Wildman–Crippen LogP) is 4.06. The van der Waals surface area contributed by atoms with Gasteiger partial charge in [-0.15, -0.1) is 0 Å². The Balaban J connectivity index is 1.47. The summed E-state index contributed by atoms with van der Waals surface area (Å²) in [6.07, 6.45) is 4.77. The fourth-order valence-corrected chi connectivity index (χ4v) is 4.55. The molecule has 3 aromatic rings. The highest BCUT2D eigenvalue weighted by molar-refractivity contribution is 5.77. The highest BCUT2D eigenvalue weighted by Gasteiger charge is 2.25. The van der Waals surface area contributed by atoms with E-state index in [-0.39, 0.29) is 18.0 Å². The van der Waals surface area contributed by atoms with Crippen LogP contribution in [-0.2, 0) is 17.9 Å². The van der Waals surface area contributed by atoms with Gasteiger partial charge in [0.1, 0.15) is 0 Å². The number of benzene rings is 2. The monoisotopic (exact) mass is 485 g/mol. The Morgan fingerprint density at radius 2 is 1.72 bits per heavy atom. The number of aryl methyl sites for hydroxylation is 1. The second kappa shape index (κ2) is 12.8. The Kier molecular flexibility index (Phi) is 9.05. The molecule has 3 amide bonds. The van der Waals surface area contributed by atoms with Crippen molar-refractivity contribution in [2.45, 2.75) is 38.9 Å². The highest BCUT2D eigenvalue weighted by atomic mass is 16.2. The minimum atomic E-state index is -0.107. The number of aromatic nitrogens is 1. The van der Waals surface area contributed by atoms with E-state index in [9.17, 15) is 9.59 Å². The van der Waals surface area contributed by atoms with Crippen molar-refractivity contribution in [3.63, 3.8) is 0 Å². The number of pyridine rings is 1. The zero-order valence-electron chi connectivity index (χ0n) is 20.9. The Labute approximate surface area is 213 Å². The van der Waals surface area contributed by atoms with E-state index in [1.807, 2.05) is 66.4 Å². The number of nitrogens with one attached hydrogen (secondary N) is 2. The molecule has 0 aliphatic carbocycles. The number of nitrogens with zero attached hydrogens (tertiary/aromatic N) is 3. The second-order valence-electron chi connectivity index (χ2n) is 9.29. The molecule has 1 atom stereocenters. The summed E-state index contributed by atoms with van der Waals surface area (Å²) in [7, 11) is 0. The summed E-state index contributed by atoms with van der Waals surface area (Å²) >= 11 is 0. The third kappa shape index (κ3) is 7.39. The molecule has 0 bridgehead atoms. The maximum absolute atomic E-state index is 13.0. The van der Waals surface area contributed by atoms with Gasteiger partial charge in [0.25, 0.3) is 0 Å². The molecule has 1 saturated heterocycles. The van der Waals surface area contributed by atoms with Gasteiger partial charge in [-0.3, -0.25) is 14.7 Å². The van der Waals surface area contributed by atoms with E-state index >= 15 is 0 Å². The molecule has 0 spiro atoms. The first-order valence-corrected chi connectivity index (χ1v) is 12.6. The van der Waals surface area contributed by atoms with Crippen LogP contribution in [0.5, 0.6) is 0 Å². The van der Waals surface area contributed by atoms with E-state index in [2.05, 4.69) is 32.7 Å². The first kappa shape index (κ1) is 25.4. The fraction of sp³-hybridized carbons (Fsp3) is 0.345. The topological polar surface area (TPSA) is 77.6 Å². The molecule has 1 aromatic heterocycles. The summed E-state index contributed by atoms with van der Waals surface area (Å²) < 4.78 is 0. The number of rotatable bonds is 5. The van der Waals surface area contributed by atoms with Crippen molar-refractivity contribution in [3.05, 3.63) is 101 Å². The van der Waals surface area contributed by atoms with E-state index in [4.69, 9.17) is 0 Å². The number of carbonyl (C=O) groups excluding carboxylic acids is 2. The maximum Gasteiger partial charge on any atom is 0.317 e. The second-order valence-corrected chi connectivity index (χ2v) is 9.29. The summed E-state index contributed by atoms with van der Waals surface area (Å²) in [4.78, 5) is 34.2. The zero-order valence-corrected chi connectivity index (χ0v) is 20.9. The van der Waals surface area contributed by atoms with Crippen molar-refractivity contribution in [1.82, 2.24) is 25.4 Å². The van der Waals surface area contributed by atoms with Gasteiger partial charge in [-0.1, -0.05) is 60.2 Å². The molecule has 2 heterocycles. The lowest BCUT2D eigenvalue weighted by Crippen LogP contribution is -2.44. The molecule has 1 fully saturated rings. The van der Waals surface area contributed by atoms with E-state index in [1.54, 1.807) is 12.4 Å². The lowest BCUT2D eigenvalue weighted by molar-refractivity contribution is -0.122. The van der Waals surface area contributed by atoms with Gasteiger partial charge < -0.3 is 15.5 Å². The molecule has 36 heavy (non-hydrogen) atoms. The van der Waals surface area contributed by atoms with Crippen LogP contribution in [0.4, 0.5) is 4.79 Å². The number of urea groups is 1. The van der Waals surface area contributed by atoms with E-state index in [0.29, 0.717) is 39.1 Å². The quantitative estimate of drug-likeness (QED) is 0.572. The minimum absolute atomic E-state index is 0.00880. The summed E-state index contributed by atoms with van der Waals surface area (Å²) in [5.74, 6) is -0.00880. The molecular formula is C29H35N5O2. The van der Waals surface area contributed by atoms with Crippen molar-refractivity contribution < 1.29 is 9.59 Å². The van der Waals surface area contributed by atoms with Crippen LogP contribution in [0, 0.1) is 6.92 Å². The molecule has 4 rings (SSSR count). The standard InChI is InChI=1S/C29H35N5O2/c1-23-8-10-24(11-9-23)21-32-29(36)33-17-5-18-34(22-25-12-14-30-15-13-25)27(20-28(35)31-16-19-33)26-6-3-2-4-7-26/h2-4,6-15,27H,5,16-22H2,1H3,(H,31,35)(H,32,36). The van der Waals surface area contributed by atoms with Crippen LogP contribution in [-0.4, -0.2) is 52.9 Å². The van der Waals surface area contributed by atoms with Crippen molar-refractivity contribution in [3.8, 4) is 0 Å². The van der Waals surface area contributed by atoms with Crippen LogP contribution < -0.4 is 10.6 Å². The Morgan fingerprint density at radius 3 is 2.47 bits per heavy atom. The van der Waals surface area contributed by atoms with E-state index in [0.717, 1.165) is 29.7 Å². The van der Waals surface area contributed by atoms with E-state index < -0.39 is 0 Å². The van der Waals surface area contributed by atoms with Crippen LogP contribution in [0.25, 0.3) is 0 Å². The van der Waals surface area contributed by atoms with Crippen molar-refractivity contribution in [1.29, 1.82) is 0 Å².